The van der Waals surface area contributed by atoms with E-state index in [1.165, 1.54) is 0 Å². The SMILES string of the molecule is CCn1nccc1CNCC(=O)NC1CC1. The molecule has 0 spiro atoms. The van der Waals surface area contributed by atoms with E-state index in [-0.39, 0.29) is 5.91 Å². The van der Waals surface area contributed by atoms with E-state index in [0.29, 0.717) is 19.1 Å². The van der Waals surface area contributed by atoms with Crippen LogP contribution in [0, 0.1) is 0 Å². The summed E-state index contributed by atoms with van der Waals surface area (Å²) < 4.78 is 1.92. The van der Waals surface area contributed by atoms with Crippen molar-refractivity contribution < 1.29 is 4.79 Å². The van der Waals surface area contributed by atoms with Gasteiger partial charge in [0, 0.05) is 25.3 Å². The molecule has 0 aromatic carbocycles. The lowest BCUT2D eigenvalue weighted by Crippen LogP contribution is -2.35. The molecule has 5 nitrogen and oxygen atoms in total. The fraction of sp³-hybridized carbons (Fsp3) is 0.636. The molecule has 0 bridgehead atoms. The van der Waals surface area contributed by atoms with Gasteiger partial charge in [0.2, 0.25) is 5.91 Å². The fourth-order valence-corrected chi connectivity index (χ4v) is 1.61. The second-order valence-corrected chi connectivity index (χ2v) is 4.08. The van der Waals surface area contributed by atoms with Gasteiger partial charge in [-0.05, 0) is 25.8 Å². The fourth-order valence-electron chi connectivity index (χ4n) is 1.61. The first-order valence-electron chi connectivity index (χ1n) is 5.80. The van der Waals surface area contributed by atoms with Crippen LogP contribution in [0.4, 0.5) is 0 Å². The smallest absolute Gasteiger partial charge is 0.234 e. The molecule has 1 aromatic rings. The highest BCUT2D eigenvalue weighted by Crippen LogP contribution is 2.18. The van der Waals surface area contributed by atoms with Crippen LogP contribution in [-0.4, -0.2) is 28.3 Å². The van der Waals surface area contributed by atoms with E-state index in [9.17, 15) is 4.79 Å². The number of hydrogen-bond donors (Lipinski definition) is 2. The zero-order valence-electron chi connectivity index (χ0n) is 9.57. The third kappa shape index (κ3) is 3.06. The van der Waals surface area contributed by atoms with E-state index in [4.69, 9.17) is 0 Å². The molecular weight excluding hydrogens is 204 g/mol. The molecule has 88 valence electrons. The predicted molar refractivity (Wildman–Crippen MR) is 60.8 cm³/mol. The van der Waals surface area contributed by atoms with Crippen molar-refractivity contribution in [1.82, 2.24) is 20.4 Å². The highest BCUT2D eigenvalue weighted by Gasteiger charge is 2.22. The number of hydrogen-bond acceptors (Lipinski definition) is 3. The molecule has 1 amide bonds. The van der Waals surface area contributed by atoms with Crippen molar-refractivity contribution in [2.75, 3.05) is 6.54 Å². The Morgan fingerprint density at radius 2 is 2.44 bits per heavy atom. The van der Waals surface area contributed by atoms with Gasteiger partial charge in [-0.15, -0.1) is 0 Å². The first-order valence-corrected chi connectivity index (χ1v) is 5.80. The molecule has 5 heteroatoms. The summed E-state index contributed by atoms with van der Waals surface area (Å²) in [5.74, 6) is 0.0880. The molecule has 1 aliphatic rings. The minimum absolute atomic E-state index is 0.0880. The number of carbonyl (C=O) groups excluding carboxylic acids is 1. The molecule has 1 aromatic heterocycles. The van der Waals surface area contributed by atoms with Gasteiger partial charge in [-0.3, -0.25) is 9.48 Å². The van der Waals surface area contributed by atoms with Crippen LogP contribution in [0.25, 0.3) is 0 Å². The minimum Gasteiger partial charge on any atom is -0.352 e. The van der Waals surface area contributed by atoms with Crippen molar-refractivity contribution in [3.8, 4) is 0 Å². The number of nitrogens with one attached hydrogen (secondary N) is 2. The van der Waals surface area contributed by atoms with Crippen molar-refractivity contribution in [3.05, 3.63) is 18.0 Å². The van der Waals surface area contributed by atoms with E-state index in [2.05, 4.69) is 22.7 Å². The van der Waals surface area contributed by atoms with Gasteiger partial charge < -0.3 is 10.6 Å². The summed E-state index contributed by atoms with van der Waals surface area (Å²) in [7, 11) is 0. The molecule has 1 aliphatic carbocycles. The van der Waals surface area contributed by atoms with Gasteiger partial charge in [0.15, 0.2) is 0 Å². The van der Waals surface area contributed by atoms with Gasteiger partial charge in [-0.1, -0.05) is 0 Å². The summed E-state index contributed by atoms with van der Waals surface area (Å²) in [5, 5.41) is 10.2. The maximum atomic E-state index is 11.4. The Kier molecular flexibility index (Phi) is 3.56. The first kappa shape index (κ1) is 11.1. The second-order valence-electron chi connectivity index (χ2n) is 4.08. The Morgan fingerprint density at radius 3 is 3.12 bits per heavy atom. The number of aromatic nitrogens is 2. The van der Waals surface area contributed by atoms with Crippen molar-refractivity contribution in [2.45, 2.75) is 38.9 Å². The lowest BCUT2D eigenvalue weighted by Gasteiger charge is -2.07. The van der Waals surface area contributed by atoms with Gasteiger partial charge in [0.05, 0.1) is 12.2 Å². The van der Waals surface area contributed by atoms with Crippen LogP contribution in [0.3, 0.4) is 0 Å². The van der Waals surface area contributed by atoms with Crippen LogP contribution in [0.1, 0.15) is 25.5 Å². The Balaban J connectivity index is 1.68. The van der Waals surface area contributed by atoms with Crippen molar-refractivity contribution in [2.24, 2.45) is 0 Å². The Hall–Kier alpha value is -1.36. The molecule has 0 saturated heterocycles. The van der Waals surface area contributed by atoms with Crippen LogP contribution in [0.5, 0.6) is 0 Å². The number of rotatable bonds is 6. The molecule has 2 rings (SSSR count). The standard InChI is InChI=1S/C11H18N4O/c1-2-15-10(5-6-13-15)7-12-8-11(16)14-9-3-4-9/h5-6,9,12H,2-4,7-8H2,1H3,(H,14,16). The Bertz CT molecular complexity index is 357. The van der Waals surface area contributed by atoms with Gasteiger partial charge in [-0.2, -0.15) is 5.10 Å². The summed E-state index contributed by atoms with van der Waals surface area (Å²) in [6.07, 6.45) is 4.05. The number of amides is 1. The summed E-state index contributed by atoms with van der Waals surface area (Å²) in [5.41, 5.74) is 1.11. The second kappa shape index (κ2) is 5.12. The van der Waals surface area contributed by atoms with Crippen molar-refractivity contribution in [1.29, 1.82) is 0 Å². The molecule has 1 fully saturated rings. The van der Waals surface area contributed by atoms with Gasteiger partial charge >= 0.3 is 0 Å². The maximum Gasteiger partial charge on any atom is 0.234 e. The van der Waals surface area contributed by atoms with Crippen LogP contribution in [-0.2, 0) is 17.9 Å². The zero-order chi connectivity index (χ0) is 11.4. The van der Waals surface area contributed by atoms with E-state index < -0.39 is 0 Å². The van der Waals surface area contributed by atoms with Gasteiger partial charge in [0.1, 0.15) is 0 Å². The molecule has 0 unspecified atom stereocenters. The third-order valence-corrected chi connectivity index (χ3v) is 2.64. The first-order chi connectivity index (χ1) is 7.79. The highest BCUT2D eigenvalue weighted by molar-refractivity contribution is 5.78. The van der Waals surface area contributed by atoms with Crippen LogP contribution >= 0.6 is 0 Å². The average molecular weight is 222 g/mol. The molecule has 0 atom stereocenters. The topological polar surface area (TPSA) is 59.0 Å². The van der Waals surface area contributed by atoms with Crippen LogP contribution in [0.2, 0.25) is 0 Å². The normalized spacial score (nSPS) is 15.1. The zero-order valence-corrected chi connectivity index (χ0v) is 9.57. The quantitative estimate of drug-likeness (QED) is 0.726. The van der Waals surface area contributed by atoms with Crippen molar-refractivity contribution >= 4 is 5.91 Å². The summed E-state index contributed by atoms with van der Waals surface area (Å²) >= 11 is 0. The van der Waals surface area contributed by atoms with E-state index in [0.717, 1.165) is 25.1 Å². The Morgan fingerprint density at radius 1 is 1.62 bits per heavy atom. The van der Waals surface area contributed by atoms with Crippen molar-refractivity contribution in [3.63, 3.8) is 0 Å². The monoisotopic (exact) mass is 222 g/mol. The minimum atomic E-state index is 0.0880. The van der Waals surface area contributed by atoms with E-state index >= 15 is 0 Å². The lowest BCUT2D eigenvalue weighted by molar-refractivity contribution is -0.120. The molecular formula is C11H18N4O. The molecule has 2 N–H and O–H groups in total. The van der Waals surface area contributed by atoms with Gasteiger partial charge in [0.25, 0.3) is 0 Å². The predicted octanol–water partition coefficient (Wildman–Crippen LogP) is 0.271. The largest absolute Gasteiger partial charge is 0.352 e. The molecule has 0 radical (unpaired) electrons. The summed E-state index contributed by atoms with van der Waals surface area (Å²) in [6, 6.07) is 2.41. The molecule has 16 heavy (non-hydrogen) atoms. The number of nitrogens with zero attached hydrogens (tertiary/aromatic N) is 2. The summed E-state index contributed by atoms with van der Waals surface area (Å²) in [6.45, 7) is 3.98. The third-order valence-electron chi connectivity index (χ3n) is 2.64. The molecule has 0 aliphatic heterocycles. The van der Waals surface area contributed by atoms with Gasteiger partial charge in [-0.25, -0.2) is 0 Å². The number of aryl methyl sites for hydroxylation is 1. The highest BCUT2D eigenvalue weighted by atomic mass is 16.2. The molecule has 1 saturated carbocycles. The van der Waals surface area contributed by atoms with E-state index in [1.807, 2.05) is 10.7 Å². The summed E-state index contributed by atoms with van der Waals surface area (Å²) in [4.78, 5) is 11.4. The number of carbonyl (C=O) groups is 1. The average Bonchev–Trinajstić information content (AvgIpc) is 2.96. The van der Waals surface area contributed by atoms with Crippen LogP contribution < -0.4 is 10.6 Å². The van der Waals surface area contributed by atoms with Crippen LogP contribution in [0.15, 0.2) is 12.3 Å². The van der Waals surface area contributed by atoms with E-state index in [1.54, 1.807) is 6.20 Å². The Labute approximate surface area is 95.2 Å². The molecule has 1 heterocycles. The lowest BCUT2D eigenvalue weighted by atomic mass is 10.4. The maximum absolute atomic E-state index is 11.4.